The number of allylic oxidation sites excluding steroid dienone is 2. The fourth-order valence-corrected chi connectivity index (χ4v) is 1.47. The molecular weight excluding hydrogens is 160 g/mol. The fraction of sp³-hybridized carbons (Fsp3) is 0.182. The molecule has 0 saturated heterocycles. The Bertz CT molecular complexity index is 327. The predicted octanol–water partition coefficient (Wildman–Crippen LogP) is 1.49. The average Bonchev–Trinajstić information content (AvgIpc) is 2.20. The molecule has 0 fully saturated rings. The molecule has 13 heavy (non-hydrogen) atoms. The van der Waals surface area contributed by atoms with E-state index in [0.29, 0.717) is 6.17 Å². The van der Waals surface area contributed by atoms with Crippen LogP contribution in [0.1, 0.15) is 6.17 Å². The van der Waals surface area contributed by atoms with Gasteiger partial charge in [-0.15, -0.1) is 0 Å². The van der Waals surface area contributed by atoms with Crippen LogP contribution in [0.3, 0.4) is 0 Å². The molecule has 0 aliphatic carbocycles. The molecular formula is C11H13N2+. The van der Waals surface area contributed by atoms with Gasteiger partial charge in [0.1, 0.15) is 0 Å². The molecule has 0 aromatic carbocycles. The Morgan fingerprint density at radius 1 is 1.08 bits per heavy atom. The van der Waals surface area contributed by atoms with E-state index in [0.717, 1.165) is 0 Å². The van der Waals surface area contributed by atoms with E-state index in [-0.39, 0.29) is 0 Å². The van der Waals surface area contributed by atoms with Crippen LogP contribution in [0.2, 0.25) is 0 Å². The van der Waals surface area contributed by atoms with Crippen molar-refractivity contribution < 1.29 is 4.57 Å². The number of hydrogen-bond donors (Lipinski definition) is 0. The van der Waals surface area contributed by atoms with Crippen molar-refractivity contribution in [2.24, 2.45) is 0 Å². The summed E-state index contributed by atoms with van der Waals surface area (Å²) in [5.41, 5.74) is 0. The van der Waals surface area contributed by atoms with Crippen LogP contribution in [0.4, 0.5) is 0 Å². The van der Waals surface area contributed by atoms with Crippen LogP contribution in [0.25, 0.3) is 0 Å². The van der Waals surface area contributed by atoms with Crippen LogP contribution in [-0.4, -0.2) is 11.9 Å². The van der Waals surface area contributed by atoms with Crippen LogP contribution in [0.5, 0.6) is 0 Å². The molecule has 66 valence electrons. The first-order valence-corrected chi connectivity index (χ1v) is 4.40. The lowest BCUT2D eigenvalue weighted by molar-refractivity contribution is -0.729. The maximum atomic E-state index is 2.17. The minimum atomic E-state index is 0.311. The zero-order valence-electron chi connectivity index (χ0n) is 7.67. The summed E-state index contributed by atoms with van der Waals surface area (Å²) in [6.45, 7) is 0. The number of hydrogen-bond acceptors (Lipinski definition) is 1. The third kappa shape index (κ3) is 1.61. The average molecular weight is 173 g/mol. The van der Waals surface area contributed by atoms with E-state index < -0.39 is 0 Å². The third-order valence-corrected chi connectivity index (χ3v) is 2.18. The summed E-state index contributed by atoms with van der Waals surface area (Å²) >= 11 is 0. The molecule has 1 aliphatic rings. The molecule has 0 spiro atoms. The van der Waals surface area contributed by atoms with Crippen molar-refractivity contribution in [2.75, 3.05) is 7.05 Å². The van der Waals surface area contributed by atoms with E-state index in [2.05, 4.69) is 47.3 Å². The van der Waals surface area contributed by atoms with E-state index in [9.17, 15) is 0 Å². The first kappa shape index (κ1) is 8.05. The standard InChI is InChI=1S/C11H13N2/c1-12-8-6-3-7-11(12)13-9-4-2-5-10-13/h2-11H,1H3/q+1. The lowest BCUT2D eigenvalue weighted by atomic mass is 10.3. The van der Waals surface area contributed by atoms with Gasteiger partial charge in [-0.2, -0.15) is 4.57 Å². The molecule has 2 heteroatoms. The summed E-state index contributed by atoms with van der Waals surface area (Å²) in [6, 6.07) is 6.11. The molecule has 0 radical (unpaired) electrons. The van der Waals surface area contributed by atoms with E-state index in [1.165, 1.54) is 0 Å². The second-order valence-corrected chi connectivity index (χ2v) is 3.13. The number of pyridine rings is 1. The molecule has 1 unspecified atom stereocenters. The molecule has 0 amide bonds. The van der Waals surface area contributed by atoms with Crippen molar-refractivity contribution in [3.8, 4) is 0 Å². The highest BCUT2D eigenvalue weighted by Crippen LogP contribution is 2.09. The Morgan fingerprint density at radius 2 is 1.85 bits per heavy atom. The van der Waals surface area contributed by atoms with Gasteiger partial charge in [0.2, 0.25) is 0 Å². The number of likely N-dealkylation sites (N-methyl/N-ethyl adjacent to an activating group) is 1. The van der Waals surface area contributed by atoms with Gasteiger partial charge in [0.05, 0.1) is 0 Å². The summed E-state index contributed by atoms with van der Waals surface area (Å²) in [4.78, 5) is 2.17. The van der Waals surface area contributed by atoms with Crippen molar-refractivity contribution in [1.29, 1.82) is 0 Å². The van der Waals surface area contributed by atoms with Crippen molar-refractivity contribution in [2.45, 2.75) is 6.17 Å². The molecule has 0 bridgehead atoms. The summed E-state index contributed by atoms with van der Waals surface area (Å²) in [5, 5.41) is 0. The molecule has 1 aliphatic heterocycles. The molecule has 1 aromatic rings. The molecule has 2 nitrogen and oxygen atoms in total. The van der Waals surface area contributed by atoms with E-state index in [1.807, 2.05) is 24.3 Å². The zero-order chi connectivity index (χ0) is 9.10. The Kier molecular flexibility index (Phi) is 2.13. The highest BCUT2D eigenvalue weighted by Gasteiger charge is 2.18. The summed E-state index contributed by atoms with van der Waals surface area (Å²) in [7, 11) is 2.07. The van der Waals surface area contributed by atoms with Crippen LogP contribution >= 0.6 is 0 Å². The van der Waals surface area contributed by atoms with Gasteiger partial charge in [0, 0.05) is 31.5 Å². The minimum Gasteiger partial charge on any atom is -0.320 e. The second kappa shape index (κ2) is 3.44. The van der Waals surface area contributed by atoms with Gasteiger partial charge in [0.15, 0.2) is 12.4 Å². The topological polar surface area (TPSA) is 7.12 Å². The lowest BCUT2D eigenvalue weighted by Crippen LogP contribution is -2.45. The summed E-state index contributed by atoms with van der Waals surface area (Å²) in [6.07, 6.45) is 12.8. The molecule has 0 saturated carbocycles. The summed E-state index contributed by atoms with van der Waals surface area (Å²) in [5.74, 6) is 0. The van der Waals surface area contributed by atoms with Crippen LogP contribution in [-0.2, 0) is 0 Å². The lowest BCUT2D eigenvalue weighted by Gasteiger charge is -2.20. The van der Waals surface area contributed by atoms with Crippen molar-refractivity contribution >= 4 is 0 Å². The molecule has 0 N–H and O–H groups in total. The van der Waals surface area contributed by atoms with Gasteiger partial charge in [0.25, 0.3) is 6.17 Å². The zero-order valence-corrected chi connectivity index (χ0v) is 7.67. The van der Waals surface area contributed by atoms with E-state index in [4.69, 9.17) is 0 Å². The van der Waals surface area contributed by atoms with Crippen molar-refractivity contribution in [3.05, 3.63) is 55.0 Å². The van der Waals surface area contributed by atoms with Gasteiger partial charge in [-0.1, -0.05) is 12.1 Å². The number of rotatable bonds is 1. The van der Waals surface area contributed by atoms with Gasteiger partial charge >= 0.3 is 0 Å². The summed E-state index contributed by atoms with van der Waals surface area (Å²) < 4.78 is 2.17. The molecule has 2 heterocycles. The van der Waals surface area contributed by atoms with E-state index >= 15 is 0 Å². The number of aromatic nitrogens is 1. The monoisotopic (exact) mass is 173 g/mol. The van der Waals surface area contributed by atoms with Gasteiger partial charge in [-0.3, -0.25) is 0 Å². The SMILES string of the molecule is CN1C=CC=CC1[n+]1ccccc1. The highest BCUT2D eigenvalue weighted by atomic mass is 15.3. The Morgan fingerprint density at radius 3 is 2.54 bits per heavy atom. The highest BCUT2D eigenvalue weighted by molar-refractivity contribution is 5.08. The third-order valence-electron chi connectivity index (χ3n) is 2.18. The van der Waals surface area contributed by atoms with E-state index in [1.54, 1.807) is 0 Å². The molecule has 1 aromatic heterocycles. The smallest absolute Gasteiger partial charge is 0.252 e. The van der Waals surface area contributed by atoms with Crippen LogP contribution in [0.15, 0.2) is 55.0 Å². The Balaban J connectivity index is 2.27. The first-order valence-electron chi connectivity index (χ1n) is 4.40. The van der Waals surface area contributed by atoms with Crippen LogP contribution < -0.4 is 4.57 Å². The number of nitrogens with zero attached hydrogens (tertiary/aromatic N) is 2. The fourth-order valence-electron chi connectivity index (χ4n) is 1.47. The maximum absolute atomic E-state index is 2.17. The van der Waals surface area contributed by atoms with Crippen molar-refractivity contribution in [1.82, 2.24) is 4.90 Å². The maximum Gasteiger partial charge on any atom is 0.252 e. The predicted molar refractivity (Wildman–Crippen MR) is 51.7 cm³/mol. The normalized spacial score (nSPS) is 20.7. The first-order chi connectivity index (χ1) is 6.38. The van der Waals surface area contributed by atoms with Gasteiger partial charge in [-0.05, 0) is 6.08 Å². The largest absolute Gasteiger partial charge is 0.320 e. The van der Waals surface area contributed by atoms with Crippen LogP contribution in [0, 0.1) is 0 Å². The minimum absolute atomic E-state index is 0.311. The Hall–Kier alpha value is -1.57. The van der Waals surface area contributed by atoms with Gasteiger partial charge < -0.3 is 4.90 Å². The quantitative estimate of drug-likeness (QED) is 0.584. The van der Waals surface area contributed by atoms with Gasteiger partial charge in [-0.25, -0.2) is 0 Å². The Labute approximate surface area is 78.4 Å². The second-order valence-electron chi connectivity index (χ2n) is 3.13. The molecule has 2 rings (SSSR count). The molecule has 1 atom stereocenters. The van der Waals surface area contributed by atoms with Crippen molar-refractivity contribution in [3.63, 3.8) is 0 Å².